The van der Waals surface area contributed by atoms with Crippen LogP contribution in [0, 0.1) is 0 Å². The van der Waals surface area contributed by atoms with Gasteiger partial charge in [-0.3, -0.25) is 4.79 Å². The lowest BCUT2D eigenvalue weighted by Gasteiger charge is -2.10. The standard InChI is InChI=1S/C23H20N2O3/c1-27-20-13-9-18(10-14-20)21-15-22(28-25-21)23(26)24-19-11-7-17(8-12-19)16-5-3-2-4-6-16/h2-14,22H,15H2,1H3,(H,24,26). The van der Waals surface area contributed by atoms with Crippen LogP contribution in [0.4, 0.5) is 5.69 Å². The molecule has 0 bridgehead atoms. The fraction of sp³-hybridized carbons (Fsp3) is 0.130. The van der Waals surface area contributed by atoms with E-state index in [1.54, 1.807) is 7.11 Å². The predicted molar refractivity (Wildman–Crippen MR) is 110 cm³/mol. The van der Waals surface area contributed by atoms with Crippen molar-refractivity contribution in [2.45, 2.75) is 12.5 Å². The van der Waals surface area contributed by atoms with E-state index in [9.17, 15) is 4.79 Å². The minimum Gasteiger partial charge on any atom is -0.497 e. The van der Waals surface area contributed by atoms with E-state index in [0.717, 1.165) is 33.8 Å². The average Bonchev–Trinajstić information content (AvgIpc) is 3.25. The second-order valence-corrected chi connectivity index (χ2v) is 6.50. The Hall–Kier alpha value is -3.60. The second-order valence-electron chi connectivity index (χ2n) is 6.50. The first-order valence-corrected chi connectivity index (χ1v) is 9.06. The molecule has 1 heterocycles. The predicted octanol–water partition coefficient (Wildman–Crippen LogP) is 4.49. The molecule has 0 aromatic heterocycles. The Morgan fingerprint density at radius 2 is 1.57 bits per heavy atom. The van der Waals surface area contributed by atoms with Gasteiger partial charge in [0.2, 0.25) is 6.10 Å². The first-order chi connectivity index (χ1) is 13.7. The molecule has 1 aliphatic heterocycles. The quantitative estimate of drug-likeness (QED) is 0.718. The highest BCUT2D eigenvalue weighted by Gasteiger charge is 2.29. The summed E-state index contributed by atoms with van der Waals surface area (Å²) in [6, 6.07) is 25.4. The summed E-state index contributed by atoms with van der Waals surface area (Å²) in [5.41, 5.74) is 4.63. The summed E-state index contributed by atoms with van der Waals surface area (Å²) in [6.45, 7) is 0. The molecule has 0 aliphatic carbocycles. The summed E-state index contributed by atoms with van der Waals surface area (Å²) in [5, 5.41) is 6.97. The number of hydrogen-bond acceptors (Lipinski definition) is 4. The molecule has 0 saturated heterocycles. The number of nitrogens with one attached hydrogen (secondary N) is 1. The van der Waals surface area contributed by atoms with Gasteiger partial charge in [-0.05, 0) is 53.1 Å². The van der Waals surface area contributed by atoms with E-state index in [2.05, 4.69) is 22.6 Å². The molecule has 5 nitrogen and oxygen atoms in total. The van der Waals surface area contributed by atoms with Gasteiger partial charge in [-0.1, -0.05) is 47.6 Å². The van der Waals surface area contributed by atoms with Crippen molar-refractivity contribution in [1.29, 1.82) is 0 Å². The van der Waals surface area contributed by atoms with E-state index in [0.29, 0.717) is 6.42 Å². The molecular weight excluding hydrogens is 352 g/mol. The summed E-state index contributed by atoms with van der Waals surface area (Å²) in [5.74, 6) is 0.566. The molecule has 28 heavy (non-hydrogen) atoms. The molecule has 0 saturated carbocycles. The van der Waals surface area contributed by atoms with Gasteiger partial charge >= 0.3 is 0 Å². The number of anilines is 1. The highest BCUT2D eigenvalue weighted by Crippen LogP contribution is 2.23. The summed E-state index contributed by atoms with van der Waals surface area (Å²) in [6.07, 6.45) is -0.203. The maximum absolute atomic E-state index is 12.5. The van der Waals surface area contributed by atoms with Crippen LogP contribution in [-0.4, -0.2) is 24.8 Å². The van der Waals surface area contributed by atoms with Crippen LogP contribution in [0.3, 0.4) is 0 Å². The van der Waals surface area contributed by atoms with Gasteiger partial charge in [-0.2, -0.15) is 0 Å². The molecule has 0 radical (unpaired) electrons. The van der Waals surface area contributed by atoms with Gasteiger partial charge in [0.1, 0.15) is 5.75 Å². The minimum atomic E-state index is -0.633. The molecule has 3 aromatic carbocycles. The number of ether oxygens (including phenoxy) is 1. The summed E-state index contributed by atoms with van der Waals surface area (Å²) >= 11 is 0. The van der Waals surface area contributed by atoms with Gasteiger partial charge in [0.15, 0.2) is 0 Å². The second kappa shape index (κ2) is 7.96. The van der Waals surface area contributed by atoms with Crippen molar-refractivity contribution in [2.75, 3.05) is 12.4 Å². The third kappa shape index (κ3) is 3.88. The Morgan fingerprint density at radius 1 is 0.929 bits per heavy atom. The van der Waals surface area contributed by atoms with Gasteiger partial charge in [-0.25, -0.2) is 0 Å². The number of amides is 1. The molecule has 1 atom stereocenters. The summed E-state index contributed by atoms with van der Waals surface area (Å²) < 4.78 is 5.16. The van der Waals surface area contributed by atoms with E-state index in [1.807, 2.05) is 66.7 Å². The first-order valence-electron chi connectivity index (χ1n) is 9.06. The molecule has 1 aliphatic rings. The van der Waals surface area contributed by atoms with Gasteiger partial charge in [0.25, 0.3) is 5.91 Å². The Kier molecular flexibility index (Phi) is 5.06. The van der Waals surface area contributed by atoms with Crippen LogP contribution in [0.1, 0.15) is 12.0 Å². The topological polar surface area (TPSA) is 59.9 Å². The SMILES string of the molecule is COc1ccc(C2=NOC(C(=O)Nc3ccc(-c4ccccc4)cc3)C2)cc1. The molecule has 0 spiro atoms. The smallest absolute Gasteiger partial charge is 0.268 e. The highest BCUT2D eigenvalue weighted by molar-refractivity contribution is 6.06. The number of carbonyl (C=O) groups is 1. The van der Waals surface area contributed by atoms with Crippen LogP contribution in [0.25, 0.3) is 11.1 Å². The number of carbonyl (C=O) groups excluding carboxylic acids is 1. The lowest BCUT2D eigenvalue weighted by atomic mass is 10.0. The Bertz CT molecular complexity index is 981. The van der Waals surface area contributed by atoms with Crippen LogP contribution in [0.5, 0.6) is 5.75 Å². The van der Waals surface area contributed by atoms with Crippen LogP contribution in [-0.2, 0) is 9.63 Å². The van der Waals surface area contributed by atoms with Gasteiger partial charge in [0, 0.05) is 12.1 Å². The van der Waals surface area contributed by atoms with Crippen molar-refractivity contribution < 1.29 is 14.4 Å². The molecule has 3 aromatic rings. The zero-order valence-corrected chi connectivity index (χ0v) is 15.5. The molecule has 0 fully saturated rings. The van der Waals surface area contributed by atoms with Crippen molar-refractivity contribution in [1.82, 2.24) is 0 Å². The summed E-state index contributed by atoms with van der Waals surface area (Å²) in [4.78, 5) is 17.9. The molecular formula is C23H20N2O3. The Morgan fingerprint density at radius 3 is 2.25 bits per heavy atom. The van der Waals surface area contributed by atoms with E-state index in [4.69, 9.17) is 9.57 Å². The van der Waals surface area contributed by atoms with E-state index in [-0.39, 0.29) is 5.91 Å². The number of benzene rings is 3. The number of oxime groups is 1. The maximum Gasteiger partial charge on any atom is 0.268 e. The van der Waals surface area contributed by atoms with Crippen LogP contribution < -0.4 is 10.1 Å². The van der Waals surface area contributed by atoms with Crippen molar-refractivity contribution in [3.63, 3.8) is 0 Å². The Labute approximate surface area is 163 Å². The fourth-order valence-corrected chi connectivity index (χ4v) is 3.07. The zero-order valence-electron chi connectivity index (χ0n) is 15.5. The van der Waals surface area contributed by atoms with E-state index in [1.165, 1.54) is 0 Å². The van der Waals surface area contributed by atoms with E-state index >= 15 is 0 Å². The lowest BCUT2D eigenvalue weighted by Crippen LogP contribution is -2.28. The monoisotopic (exact) mass is 372 g/mol. The first kappa shape index (κ1) is 17.8. The van der Waals surface area contributed by atoms with Crippen LogP contribution >= 0.6 is 0 Å². The van der Waals surface area contributed by atoms with Crippen molar-refractivity contribution in [3.8, 4) is 16.9 Å². The van der Waals surface area contributed by atoms with Crippen molar-refractivity contribution in [3.05, 3.63) is 84.4 Å². The number of nitrogens with zero attached hydrogens (tertiary/aromatic N) is 1. The third-order valence-corrected chi connectivity index (χ3v) is 4.64. The third-order valence-electron chi connectivity index (χ3n) is 4.64. The van der Waals surface area contributed by atoms with Gasteiger partial charge in [0.05, 0.1) is 12.8 Å². The summed E-state index contributed by atoms with van der Waals surface area (Å²) in [7, 11) is 1.62. The maximum atomic E-state index is 12.5. The highest BCUT2D eigenvalue weighted by atomic mass is 16.6. The molecule has 4 rings (SSSR count). The van der Waals surface area contributed by atoms with Gasteiger partial charge < -0.3 is 14.9 Å². The number of rotatable bonds is 5. The fourth-order valence-electron chi connectivity index (χ4n) is 3.07. The molecule has 5 heteroatoms. The van der Waals surface area contributed by atoms with Crippen molar-refractivity contribution >= 4 is 17.3 Å². The van der Waals surface area contributed by atoms with E-state index < -0.39 is 6.10 Å². The van der Waals surface area contributed by atoms with Crippen molar-refractivity contribution in [2.24, 2.45) is 5.16 Å². The number of hydrogen-bond donors (Lipinski definition) is 1. The number of methoxy groups -OCH3 is 1. The molecule has 1 amide bonds. The van der Waals surface area contributed by atoms with Crippen LogP contribution in [0.15, 0.2) is 84.0 Å². The minimum absolute atomic E-state index is 0.209. The zero-order chi connectivity index (χ0) is 19.3. The molecule has 1 N–H and O–H groups in total. The molecule has 140 valence electrons. The largest absolute Gasteiger partial charge is 0.497 e. The Balaban J connectivity index is 1.37. The van der Waals surface area contributed by atoms with Crippen LogP contribution in [0.2, 0.25) is 0 Å². The van der Waals surface area contributed by atoms with Gasteiger partial charge in [-0.15, -0.1) is 0 Å². The normalized spacial score (nSPS) is 15.5. The lowest BCUT2D eigenvalue weighted by molar-refractivity contribution is -0.125. The molecule has 1 unspecified atom stereocenters. The average molecular weight is 372 g/mol.